The Morgan fingerprint density at radius 1 is 1.20 bits per heavy atom. The van der Waals surface area contributed by atoms with E-state index in [1.807, 2.05) is 6.07 Å². The lowest BCUT2D eigenvalue weighted by atomic mass is 9.95. The summed E-state index contributed by atoms with van der Waals surface area (Å²) in [5, 5.41) is 10.5. The van der Waals surface area contributed by atoms with Gasteiger partial charge >= 0.3 is 0 Å². The third kappa shape index (κ3) is 3.93. The van der Waals surface area contributed by atoms with E-state index < -0.39 is 0 Å². The van der Waals surface area contributed by atoms with Crippen molar-refractivity contribution < 1.29 is 4.79 Å². The molecule has 0 radical (unpaired) electrons. The van der Waals surface area contributed by atoms with Crippen LogP contribution in [0.5, 0.6) is 0 Å². The summed E-state index contributed by atoms with van der Waals surface area (Å²) < 4.78 is 0. The van der Waals surface area contributed by atoms with Crippen molar-refractivity contribution in [2.75, 3.05) is 19.6 Å². The molecular weight excluding hydrogens is 312 g/mol. The topological polar surface area (TPSA) is 61.0 Å². The molecule has 1 unspecified atom stereocenters. The molecule has 3 rings (SSSR count). The summed E-state index contributed by atoms with van der Waals surface area (Å²) >= 11 is 0. The Bertz CT molecular complexity index is 691. The van der Waals surface area contributed by atoms with Crippen molar-refractivity contribution >= 4 is 5.91 Å². The van der Waals surface area contributed by atoms with Gasteiger partial charge in [0.1, 0.15) is 0 Å². The van der Waals surface area contributed by atoms with E-state index in [2.05, 4.69) is 58.5 Å². The van der Waals surface area contributed by atoms with Gasteiger partial charge in [-0.15, -0.1) is 0 Å². The fourth-order valence-corrected chi connectivity index (χ4v) is 3.74. The van der Waals surface area contributed by atoms with E-state index >= 15 is 0 Å². The predicted molar refractivity (Wildman–Crippen MR) is 99.7 cm³/mol. The minimum atomic E-state index is -0.0625. The summed E-state index contributed by atoms with van der Waals surface area (Å²) in [5.41, 5.74) is 4.07. The summed E-state index contributed by atoms with van der Waals surface area (Å²) in [6.07, 6.45) is 4.27. The highest BCUT2D eigenvalue weighted by molar-refractivity contribution is 5.94. The number of amides is 1. The van der Waals surface area contributed by atoms with Crippen molar-refractivity contribution in [1.29, 1.82) is 0 Å². The molecule has 5 heteroatoms. The number of aromatic amines is 1. The lowest BCUT2D eigenvalue weighted by Gasteiger charge is -2.30. The van der Waals surface area contributed by atoms with E-state index in [1.165, 1.54) is 12.0 Å². The maximum atomic E-state index is 12.7. The first-order valence-electron chi connectivity index (χ1n) is 9.37. The number of carbonyl (C=O) groups excluding carboxylic acids is 1. The Balaban J connectivity index is 1.72. The highest BCUT2D eigenvalue weighted by Crippen LogP contribution is 2.23. The first-order valence-corrected chi connectivity index (χ1v) is 9.37. The summed E-state index contributed by atoms with van der Waals surface area (Å²) in [4.78, 5) is 15.1. The largest absolute Gasteiger partial charge is 0.349 e. The number of likely N-dealkylation sites (N-methyl/N-ethyl adjacent to an activating group) is 1. The zero-order valence-corrected chi connectivity index (χ0v) is 15.2. The minimum absolute atomic E-state index is 0.0625. The Morgan fingerprint density at radius 3 is 2.64 bits per heavy atom. The molecule has 5 nitrogen and oxygen atoms in total. The highest BCUT2D eigenvalue weighted by Gasteiger charge is 2.23. The Labute approximate surface area is 149 Å². The molecule has 0 saturated carbocycles. The molecule has 1 heterocycles. The molecule has 0 aliphatic heterocycles. The molecule has 2 N–H and O–H groups in total. The van der Waals surface area contributed by atoms with Gasteiger partial charge in [0.25, 0.3) is 5.91 Å². The third-order valence-electron chi connectivity index (χ3n) is 5.16. The molecular formula is C20H28N4O. The average molecular weight is 340 g/mol. The van der Waals surface area contributed by atoms with Gasteiger partial charge in [-0.1, -0.05) is 44.2 Å². The second-order valence-electron chi connectivity index (χ2n) is 6.59. The number of nitrogens with zero attached hydrogens (tertiary/aromatic N) is 2. The Morgan fingerprint density at radius 2 is 1.92 bits per heavy atom. The molecule has 1 atom stereocenters. The van der Waals surface area contributed by atoms with Crippen molar-refractivity contribution in [3.8, 4) is 0 Å². The first kappa shape index (κ1) is 17.7. The number of fused-ring (bicyclic) bond motifs is 1. The van der Waals surface area contributed by atoms with E-state index in [0.29, 0.717) is 12.2 Å². The molecule has 0 fully saturated rings. The molecule has 0 spiro atoms. The summed E-state index contributed by atoms with van der Waals surface area (Å²) in [7, 11) is 0. The fraction of sp³-hybridized carbons (Fsp3) is 0.500. The van der Waals surface area contributed by atoms with Crippen LogP contribution >= 0.6 is 0 Å². The standard InChI is InChI=1S/C20H28N4O/c1-3-24(4-2)18(15-10-6-5-7-11-15)14-21-20(25)19-16-12-8-9-13-17(16)22-23-19/h5-7,10-11,18H,3-4,8-9,12-14H2,1-2H3,(H,21,25)(H,22,23). The van der Waals surface area contributed by atoms with Crippen molar-refractivity contribution in [2.45, 2.75) is 45.6 Å². The monoisotopic (exact) mass is 340 g/mol. The van der Waals surface area contributed by atoms with Gasteiger partial charge in [-0.25, -0.2) is 0 Å². The zero-order chi connectivity index (χ0) is 17.6. The summed E-state index contributed by atoms with van der Waals surface area (Å²) in [6.45, 7) is 6.80. The van der Waals surface area contributed by atoms with Gasteiger partial charge in [0.2, 0.25) is 0 Å². The van der Waals surface area contributed by atoms with E-state index in [4.69, 9.17) is 0 Å². The lowest BCUT2D eigenvalue weighted by Crippen LogP contribution is -2.38. The first-order chi connectivity index (χ1) is 12.2. The normalized spacial score (nSPS) is 15.0. The molecule has 1 amide bonds. The number of nitrogens with one attached hydrogen (secondary N) is 2. The van der Waals surface area contributed by atoms with Crippen LogP contribution in [0.4, 0.5) is 0 Å². The number of hydrogen-bond acceptors (Lipinski definition) is 3. The number of benzene rings is 1. The molecule has 1 aliphatic carbocycles. The Kier molecular flexibility index (Phi) is 5.87. The van der Waals surface area contributed by atoms with E-state index in [1.54, 1.807) is 0 Å². The average Bonchev–Trinajstić information content (AvgIpc) is 3.10. The van der Waals surface area contributed by atoms with Gasteiger partial charge in [0.15, 0.2) is 5.69 Å². The van der Waals surface area contributed by atoms with E-state index in [0.717, 1.165) is 43.6 Å². The zero-order valence-electron chi connectivity index (χ0n) is 15.2. The molecule has 0 bridgehead atoms. The Hall–Kier alpha value is -2.14. The SMILES string of the molecule is CCN(CC)C(CNC(=O)c1n[nH]c2c1CCCC2)c1ccccc1. The number of rotatable bonds is 7. The van der Waals surface area contributed by atoms with Gasteiger partial charge < -0.3 is 5.32 Å². The van der Waals surface area contributed by atoms with Crippen LogP contribution < -0.4 is 5.32 Å². The molecule has 134 valence electrons. The maximum Gasteiger partial charge on any atom is 0.272 e. The molecule has 1 aliphatic rings. The number of aromatic nitrogens is 2. The van der Waals surface area contributed by atoms with Crippen LogP contribution in [0.25, 0.3) is 0 Å². The van der Waals surface area contributed by atoms with Crippen molar-refractivity contribution in [3.63, 3.8) is 0 Å². The lowest BCUT2D eigenvalue weighted by molar-refractivity contribution is 0.0929. The minimum Gasteiger partial charge on any atom is -0.349 e. The fourth-order valence-electron chi connectivity index (χ4n) is 3.74. The van der Waals surface area contributed by atoms with E-state index in [9.17, 15) is 4.79 Å². The number of carbonyl (C=O) groups is 1. The highest BCUT2D eigenvalue weighted by atomic mass is 16.1. The second-order valence-corrected chi connectivity index (χ2v) is 6.59. The summed E-state index contributed by atoms with van der Waals surface area (Å²) in [6, 6.07) is 10.6. The van der Waals surface area contributed by atoms with Gasteiger partial charge in [-0.3, -0.25) is 14.8 Å². The van der Waals surface area contributed by atoms with Crippen LogP contribution in [-0.4, -0.2) is 40.6 Å². The maximum absolute atomic E-state index is 12.7. The van der Waals surface area contributed by atoms with Gasteiger partial charge in [-0.2, -0.15) is 5.10 Å². The van der Waals surface area contributed by atoms with Gasteiger partial charge in [0.05, 0.1) is 6.04 Å². The van der Waals surface area contributed by atoms with Crippen LogP contribution in [0.15, 0.2) is 30.3 Å². The van der Waals surface area contributed by atoms with Crippen LogP contribution in [0, 0.1) is 0 Å². The van der Waals surface area contributed by atoms with Gasteiger partial charge in [0, 0.05) is 17.8 Å². The van der Waals surface area contributed by atoms with Crippen LogP contribution in [0.3, 0.4) is 0 Å². The number of hydrogen-bond donors (Lipinski definition) is 2. The molecule has 0 saturated heterocycles. The molecule has 1 aromatic heterocycles. The van der Waals surface area contributed by atoms with Crippen molar-refractivity contribution in [2.24, 2.45) is 0 Å². The number of H-pyrrole nitrogens is 1. The van der Waals surface area contributed by atoms with Crippen molar-refractivity contribution in [3.05, 3.63) is 52.8 Å². The summed E-state index contributed by atoms with van der Waals surface area (Å²) in [5.74, 6) is -0.0625. The second kappa shape index (κ2) is 8.30. The molecule has 25 heavy (non-hydrogen) atoms. The van der Waals surface area contributed by atoms with Crippen LogP contribution in [0.2, 0.25) is 0 Å². The molecule has 2 aromatic rings. The van der Waals surface area contributed by atoms with Crippen molar-refractivity contribution in [1.82, 2.24) is 20.4 Å². The van der Waals surface area contributed by atoms with Gasteiger partial charge in [-0.05, 0) is 44.3 Å². The predicted octanol–water partition coefficient (Wildman–Crippen LogP) is 3.10. The van der Waals surface area contributed by atoms with Crippen LogP contribution in [-0.2, 0) is 12.8 Å². The smallest absolute Gasteiger partial charge is 0.272 e. The van der Waals surface area contributed by atoms with Crippen LogP contribution in [0.1, 0.15) is 60.0 Å². The quantitative estimate of drug-likeness (QED) is 0.814. The van der Waals surface area contributed by atoms with E-state index in [-0.39, 0.29) is 11.9 Å². The number of aryl methyl sites for hydroxylation is 1. The molecule has 1 aromatic carbocycles. The third-order valence-corrected chi connectivity index (χ3v) is 5.16.